The number of amides is 1. The zero-order valence-electron chi connectivity index (χ0n) is 15.9. The highest BCUT2D eigenvalue weighted by atomic mass is 79.9. The van der Waals surface area contributed by atoms with Crippen LogP contribution in [0.4, 0.5) is 5.69 Å². The lowest BCUT2D eigenvalue weighted by molar-refractivity contribution is 0.0663. The summed E-state index contributed by atoms with van der Waals surface area (Å²) in [5, 5.41) is 11.7. The summed E-state index contributed by atoms with van der Waals surface area (Å²) >= 11 is 3.23. The molecule has 0 atom stereocenters. The highest BCUT2D eigenvalue weighted by molar-refractivity contribution is 9.10. The quantitative estimate of drug-likeness (QED) is 0.664. The molecule has 0 bridgehead atoms. The zero-order chi connectivity index (χ0) is 21.3. The number of ether oxygens (including phenoxy) is 1. The second-order valence-electron chi connectivity index (χ2n) is 5.19. The van der Waals surface area contributed by atoms with Crippen molar-refractivity contribution in [1.82, 2.24) is 0 Å². The maximum atomic E-state index is 12.6. The summed E-state index contributed by atoms with van der Waals surface area (Å²) in [6, 6.07) is 9.12. The van der Waals surface area contributed by atoms with Crippen LogP contribution in [0.25, 0.3) is 11.0 Å². The van der Waals surface area contributed by atoms with E-state index in [0.29, 0.717) is 4.47 Å². The van der Waals surface area contributed by atoms with E-state index in [1.807, 2.05) is 0 Å². The smallest absolute Gasteiger partial charge is 0.371 e. The van der Waals surface area contributed by atoms with Gasteiger partial charge in [-0.05, 0) is 36.4 Å². The van der Waals surface area contributed by atoms with Crippen LogP contribution in [-0.4, -0.2) is 24.0 Å². The van der Waals surface area contributed by atoms with Crippen LogP contribution in [0.3, 0.4) is 0 Å². The summed E-state index contributed by atoms with van der Waals surface area (Å²) in [5.41, 5.74) is -0.407. The van der Waals surface area contributed by atoms with Crippen molar-refractivity contribution in [3.05, 3.63) is 68.5 Å². The lowest BCUT2D eigenvalue weighted by Crippen LogP contribution is -2.13. The molecule has 7 nitrogen and oxygen atoms in total. The molecule has 0 radical (unpaired) electrons. The third kappa shape index (κ3) is 3.45. The van der Waals surface area contributed by atoms with Gasteiger partial charge in [0.15, 0.2) is 11.0 Å². The first-order valence-corrected chi connectivity index (χ1v) is 7.94. The minimum atomic E-state index is -2.61. The fourth-order valence-electron chi connectivity index (χ4n) is 2.29. The Morgan fingerprint density at radius 1 is 1.23 bits per heavy atom. The number of methoxy groups -OCH3 is 1. The number of carbonyl (C=O) groups excluding carboxylic acids is 1. The average Bonchev–Trinajstić information content (AvgIpc) is 2.61. The molecule has 3 aromatic rings. The van der Waals surface area contributed by atoms with Crippen molar-refractivity contribution >= 4 is 44.5 Å². The second kappa shape index (κ2) is 7.01. The van der Waals surface area contributed by atoms with Crippen LogP contribution in [-0.2, 0) is 0 Å². The number of benzene rings is 2. The van der Waals surface area contributed by atoms with Crippen LogP contribution >= 0.6 is 15.9 Å². The molecule has 8 heteroatoms. The lowest BCUT2D eigenvalue weighted by atomic mass is 10.1. The van der Waals surface area contributed by atoms with Gasteiger partial charge in [-0.3, -0.25) is 9.59 Å². The number of fused-ring (bicyclic) bond motifs is 1. The number of carboxylic acid groups (broad SMARTS) is 1. The number of carbonyl (C=O) groups is 2. The van der Waals surface area contributed by atoms with Crippen molar-refractivity contribution in [1.29, 1.82) is 0 Å². The Morgan fingerprint density at radius 2 is 1.96 bits per heavy atom. The molecule has 0 spiro atoms. The molecule has 1 amide bonds. The topological polar surface area (TPSA) is 106 Å². The minimum Gasteiger partial charge on any atom is -0.497 e. The highest BCUT2D eigenvalue weighted by Crippen LogP contribution is 2.28. The standard InChI is InChI=1S/C18H12BrNO6/c1-25-11-4-2-9(3-5-11)17(22)20-13-7-10(19)6-12-14(21)8-15(18(23)24)26-16(12)13/h2-8H,1H3,(H,20,22)(H,23,24)/i1T3. The Labute approximate surface area is 159 Å². The maximum absolute atomic E-state index is 12.6. The minimum absolute atomic E-state index is 0.0616. The summed E-state index contributed by atoms with van der Waals surface area (Å²) in [7, 11) is -2.61. The van der Waals surface area contributed by atoms with Crippen LogP contribution in [0.2, 0.25) is 0 Å². The number of carboxylic acids is 1. The first kappa shape index (κ1) is 14.1. The largest absolute Gasteiger partial charge is 0.497 e. The van der Waals surface area contributed by atoms with E-state index >= 15 is 0 Å². The van der Waals surface area contributed by atoms with Gasteiger partial charge in [-0.15, -0.1) is 0 Å². The summed E-state index contributed by atoms with van der Waals surface area (Å²) in [5.74, 6) is -2.51. The third-order valence-corrected chi connectivity index (χ3v) is 3.94. The second-order valence-corrected chi connectivity index (χ2v) is 6.11. The van der Waals surface area contributed by atoms with Gasteiger partial charge in [-0.1, -0.05) is 15.9 Å². The van der Waals surface area contributed by atoms with Gasteiger partial charge >= 0.3 is 5.97 Å². The molecule has 2 aromatic carbocycles. The molecule has 3 rings (SSSR count). The Kier molecular flexibility index (Phi) is 3.80. The Hall–Kier alpha value is -3.13. The van der Waals surface area contributed by atoms with Gasteiger partial charge in [0, 0.05) is 16.1 Å². The lowest BCUT2D eigenvalue weighted by Gasteiger charge is -2.10. The van der Waals surface area contributed by atoms with E-state index in [1.165, 1.54) is 36.4 Å². The van der Waals surface area contributed by atoms with Gasteiger partial charge < -0.3 is 19.6 Å². The van der Waals surface area contributed by atoms with Crippen molar-refractivity contribution in [2.45, 2.75) is 0 Å². The zero-order valence-corrected chi connectivity index (χ0v) is 14.5. The number of nitrogens with one attached hydrogen (secondary N) is 1. The van der Waals surface area contributed by atoms with Crippen molar-refractivity contribution in [3.63, 3.8) is 0 Å². The van der Waals surface area contributed by atoms with E-state index in [4.69, 9.17) is 18.4 Å². The summed E-state index contributed by atoms with van der Waals surface area (Å²) < 4.78 is 31.7. The maximum Gasteiger partial charge on any atom is 0.371 e. The number of hydrogen-bond donors (Lipinski definition) is 2. The molecule has 1 heterocycles. The van der Waals surface area contributed by atoms with Gasteiger partial charge in [0.05, 0.1) is 22.2 Å². The molecule has 132 valence electrons. The normalized spacial score (nSPS) is 12.7. The molecule has 26 heavy (non-hydrogen) atoms. The summed E-state index contributed by atoms with van der Waals surface area (Å²) in [4.78, 5) is 35.9. The van der Waals surface area contributed by atoms with Crippen molar-refractivity contribution in [3.8, 4) is 5.75 Å². The van der Waals surface area contributed by atoms with Gasteiger partial charge in [0.2, 0.25) is 5.76 Å². The molecule has 1 aromatic heterocycles. The number of anilines is 1. The number of halogens is 1. The first-order valence-electron chi connectivity index (χ1n) is 8.64. The van der Waals surface area contributed by atoms with Crippen molar-refractivity contribution in [2.75, 3.05) is 12.4 Å². The fourth-order valence-corrected chi connectivity index (χ4v) is 2.75. The van der Waals surface area contributed by atoms with E-state index in [-0.39, 0.29) is 28.0 Å². The molecular weight excluding hydrogens is 406 g/mol. The number of rotatable bonds is 4. The fraction of sp³-hybridized carbons (Fsp3) is 0.0556. The van der Waals surface area contributed by atoms with E-state index in [0.717, 1.165) is 6.07 Å². The molecule has 0 unspecified atom stereocenters. The van der Waals surface area contributed by atoms with E-state index in [1.54, 1.807) is 0 Å². The van der Waals surface area contributed by atoms with Gasteiger partial charge in [0.1, 0.15) is 5.75 Å². The molecule has 0 aliphatic carbocycles. The number of hydrogen-bond acceptors (Lipinski definition) is 5. The van der Waals surface area contributed by atoms with Crippen LogP contribution in [0.5, 0.6) is 5.75 Å². The SMILES string of the molecule is [3H]C([3H])([3H])Oc1ccc(C(=O)Nc2cc(Br)cc3c(=O)cc(C(=O)O)oc23)cc1. The van der Waals surface area contributed by atoms with E-state index < -0.39 is 30.1 Å². The van der Waals surface area contributed by atoms with Gasteiger partial charge in [0.25, 0.3) is 5.91 Å². The van der Waals surface area contributed by atoms with E-state index in [9.17, 15) is 14.4 Å². The highest BCUT2D eigenvalue weighted by Gasteiger charge is 2.16. The predicted molar refractivity (Wildman–Crippen MR) is 98.1 cm³/mol. The third-order valence-electron chi connectivity index (χ3n) is 3.49. The van der Waals surface area contributed by atoms with Gasteiger partial charge in [-0.25, -0.2) is 4.79 Å². The van der Waals surface area contributed by atoms with Crippen LogP contribution in [0.15, 0.2) is 56.1 Å². The average molecular weight is 424 g/mol. The summed E-state index contributed by atoms with van der Waals surface area (Å²) in [6.07, 6.45) is 0. The van der Waals surface area contributed by atoms with Crippen LogP contribution in [0, 0.1) is 0 Å². The Balaban J connectivity index is 1.96. The molecule has 2 N–H and O–H groups in total. The number of aromatic carboxylic acids is 1. The molecule has 0 fully saturated rings. The van der Waals surface area contributed by atoms with Crippen LogP contribution < -0.4 is 15.5 Å². The first-order chi connectivity index (χ1) is 13.5. The van der Waals surface area contributed by atoms with Crippen molar-refractivity contribution < 1.29 is 28.0 Å². The Bertz CT molecular complexity index is 1170. The molecule has 0 aliphatic rings. The van der Waals surface area contributed by atoms with Crippen molar-refractivity contribution in [2.24, 2.45) is 0 Å². The van der Waals surface area contributed by atoms with Gasteiger partial charge in [-0.2, -0.15) is 0 Å². The Morgan fingerprint density at radius 3 is 2.62 bits per heavy atom. The predicted octanol–water partition coefficient (Wildman–Crippen LogP) is 3.51. The van der Waals surface area contributed by atoms with Crippen LogP contribution in [0.1, 0.15) is 25.0 Å². The molecule has 0 saturated heterocycles. The van der Waals surface area contributed by atoms with E-state index in [2.05, 4.69) is 21.2 Å². The monoisotopic (exact) mass is 423 g/mol. The molecular formula is C18H12BrNO6. The molecule has 0 saturated carbocycles. The summed E-state index contributed by atoms with van der Waals surface area (Å²) in [6.45, 7) is 0. The molecule has 0 aliphatic heterocycles.